The normalized spacial score (nSPS) is 12.3. The fourth-order valence-corrected chi connectivity index (χ4v) is 4.61. The van der Waals surface area contributed by atoms with Crippen LogP contribution in [0.3, 0.4) is 0 Å². The first kappa shape index (κ1) is 25.6. The highest BCUT2D eigenvalue weighted by molar-refractivity contribution is 7.92. The molecule has 3 aromatic carbocycles. The molecule has 0 fully saturated rings. The second-order valence-electron chi connectivity index (χ2n) is 7.87. The van der Waals surface area contributed by atoms with E-state index in [4.69, 9.17) is 23.2 Å². The van der Waals surface area contributed by atoms with Gasteiger partial charge in [-0.3, -0.25) is 9.52 Å². The quantitative estimate of drug-likeness (QED) is 0.373. The molecule has 0 aliphatic heterocycles. The lowest BCUT2D eigenvalue weighted by atomic mass is 10.0. The van der Waals surface area contributed by atoms with Gasteiger partial charge in [-0.25, -0.2) is 13.2 Å². The maximum absolute atomic E-state index is 12.7. The van der Waals surface area contributed by atoms with Crippen molar-refractivity contribution in [2.24, 2.45) is 5.92 Å². The predicted octanol–water partition coefficient (Wildman–Crippen LogP) is 5.30. The average Bonchev–Trinajstić information content (AvgIpc) is 2.78. The molecule has 178 valence electrons. The molecule has 3 N–H and O–H groups in total. The van der Waals surface area contributed by atoms with Crippen LogP contribution in [0, 0.1) is 5.92 Å². The maximum Gasteiger partial charge on any atom is 0.326 e. The van der Waals surface area contributed by atoms with E-state index in [1.807, 2.05) is 0 Å². The molecular weight excluding hydrogens is 499 g/mol. The van der Waals surface area contributed by atoms with E-state index in [1.54, 1.807) is 62.4 Å². The van der Waals surface area contributed by atoms with Gasteiger partial charge in [-0.05, 0) is 59.5 Å². The summed E-state index contributed by atoms with van der Waals surface area (Å²) in [6.45, 7) is 3.43. The largest absolute Gasteiger partial charge is 0.480 e. The Balaban J connectivity index is 1.78. The summed E-state index contributed by atoms with van der Waals surface area (Å²) >= 11 is 11.8. The van der Waals surface area contributed by atoms with Gasteiger partial charge in [0.2, 0.25) is 0 Å². The number of carbonyl (C=O) groups excluding carboxylic acids is 1. The van der Waals surface area contributed by atoms with Crippen LogP contribution in [0.2, 0.25) is 10.0 Å². The number of benzene rings is 3. The lowest BCUT2D eigenvalue weighted by Crippen LogP contribution is -2.44. The third kappa shape index (κ3) is 6.08. The number of aliphatic carboxylic acids is 1. The molecular formula is C24H22Cl2N2O5S. The van der Waals surface area contributed by atoms with Crippen molar-refractivity contribution < 1.29 is 23.1 Å². The first-order valence-corrected chi connectivity index (χ1v) is 12.4. The number of anilines is 1. The van der Waals surface area contributed by atoms with Crippen molar-refractivity contribution >= 4 is 50.8 Å². The molecule has 0 aliphatic rings. The van der Waals surface area contributed by atoms with E-state index >= 15 is 0 Å². The van der Waals surface area contributed by atoms with Gasteiger partial charge in [-0.15, -0.1) is 0 Å². The second kappa shape index (κ2) is 10.5. The molecule has 10 heteroatoms. The molecule has 0 heterocycles. The van der Waals surface area contributed by atoms with E-state index in [2.05, 4.69) is 10.0 Å². The van der Waals surface area contributed by atoms with Crippen LogP contribution in [-0.4, -0.2) is 31.4 Å². The van der Waals surface area contributed by atoms with Crippen LogP contribution >= 0.6 is 23.2 Å². The van der Waals surface area contributed by atoms with E-state index in [9.17, 15) is 23.1 Å². The number of halogens is 2. The molecule has 1 amide bonds. The molecule has 1 atom stereocenters. The van der Waals surface area contributed by atoms with E-state index in [1.165, 1.54) is 18.2 Å². The summed E-state index contributed by atoms with van der Waals surface area (Å²) in [7, 11) is -3.89. The van der Waals surface area contributed by atoms with Crippen molar-refractivity contribution in [3.8, 4) is 11.1 Å². The molecule has 3 aromatic rings. The predicted molar refractivity (Wildman–Crippen MR) is 133 cm³/mol. The standard InChI is InChI=1S/C24H22Cl2N2O5S/c1-14(2)22(24(30)31)27-23(29)16-8-6-15(7-9-16)17-4-3-5-18(12-17)28-34(32,33)19-10-11-20(25)21(26)13-19/h3-14,22,28H,1-2H3,(H,27,29)(H,30,31)/t22-/m0/s1. The number of sulfonamides is 1. The monoisotopic (exact) mass is 520 g/mol. The van der Waals surface area contributed by atoms with Crippen molar-refractivity contribution in [2.45, 2.75) is 24.8 Å². The minimum Gasteiger partial charge on any atom is -0.480 e. The van der Waals surface area contributed by atoms with Gasteiger partial charge in [0.25, 0.3) is 15.9 Å². The van der Waals surface area contributed by atoms with Crippen LogP contribution in [0.1, 0.15) is 24.2 Å². The molecule has 0 unspecified atom stereocenters. The summed E-state index contributed by atoms with van der Waals surface area (Å²) in [5, 5.41) is 12.2. The van der Waals surface area contributed by atoms with Gasteiger partial charge in [-0.1, -0.05) is 61.3 Å². The van der Waals surface area contributed by atoms with Gasteiger partial charge in [0.1, 0.15) is 6.04 Å². The SMILES string of the molecule is CC(C)[C@H](NC(=O)c1ccc(-c2cccc(NS(=O)(=O)c3ccc(Cl)c(Cl)c3)c2)cc1)C(=O)O. The van der Waals surface area contributed by atoms with Crippen LogP contribution in [0.5, 0.6) is 0 Å². The zero-order chi connectivity index (χ0) is 25.0. The zero-order valence-electron chi connectivity index (χ0n) is 18.2. The number of carboxylic acid groups (broad SMARTS) is 1. The molecule has 0 radical (unpaired) electrons. The summed E-state index contributed by atoms with van der Waals surface area (Å²) in [5.41, 5.74) is 2.11. The summed E-state index contributed by atoms with van der Waals surface area (Å²) in [6, 6.07) is 16.4. The number of carbonyl (C=O) groups is 2. The smallest absolute Gasteiger partial charge is 0.326 e. The lowest BCUT2D eigenvalue weighted by molar-refractivity contribution is -0.140. The Morgan fingerprint density at radius 1 is 0.882 bits per heavy atom. The highest BCUT2D eigenvalue weighted by atomic mass is 35.5. The number of hydrogen-bond donors (Lipinski definition) is 3. The number of nitrogens with one attached hydrogen (secondary N) is 2. The molecule has 34 heavy (non-hydrogen) atoms. The Kier molecular flexibility index (Phi) is 7.86. The highest BCUT2D eigenvalue weighted by Gasteiger charge is 2.24. The number of rotatable bonds is 8. The molecule has 0 saturated carbocycles. The summed E-state index contributed by atoms with van der Waals surface area (Å²) in [4.78, 5) is 23.7. The minimum absolute atomic E-state index is 0.0243. The Labute approximate surface area is 207 Å². The summed E-state index contributed by atoms with van der Waals surface area (Å²) in [5.74, 6) is -1.85. The van der Waals surface area contributed by atoms with Crippen LogP contribution < -0.4 is 10.0 Å². The number of amides is 1. The van der Waals surface area contributed by atoms with Crippen molar-refractivity contribution in [3.63, 3.8) is 0 Å². The van der Waals surface area contributed by atoms with E-state index < -0.39 is 27.9 Å². The van der Waals surface area contributed by atoms with Crippen molar-refractivity contribution in [1.82, 2.24) is 5.32 Å². The topological polar surface area (TPSA) is 113 Å². The van der Waals surface area contributed by atoms with Gasteiger partial charge >= 0.3 is 5.97 Å². The lowest BCUT2D eigenvalue weighted by Gasteiger charge is -2.18. The summed E-state index contributed by atoms with van der Waals surface area (Å²) in [6.07, 6.45) is 0. The molecule has 7 nitrogen and oxygen atoms in total. The molecule has 0 bridgehead atoms. The first-order valence-electron chi connectivity index (χ1n) is 10.2. The maximum atomic E-state index is 12.7. The van der Waals surface area contributed by atoms with E-state index in [-0.39, 0.29) is 20.9 Å². The summed E-state index contributed by atoms with van der Waals surface area (Å²) < 4.78 is 27.9. The molecule has 3 rings (SSSR count). The third-order valence-corrected chi connectivity index (χ3v) is 7.13. The highest BCUT2D eigenvalue weighted by Crippen LogP contribution is 2.28. The minimum atomic E-state index is -3.89. The van der Waals surface area contributed by atoms with Crippen LogP contribution in [0.4, 0.5) is 5.69 Å². The van der Waals surface area contributed by atoms with Gasteiger partial charge in [0, 0.05) is 11.3 Å². The zero-order valence-corrected chi connectivity index (χ0v) is 20.6. The number of hydrogen-bond acceptors (Lipinski definition) is 4. The molecule has 0 aliphatic carbocycles. The molecule has 0 spiro atoms. The molecule has 0 saturated heterocycles. The van der Waals surface area contributed by atoms with Crippen LogP contribution in [0.25, 0.3) is 11.1 Å². The van der Waals surface area contributed by atoms with Gasteiger partial charge < -0.3 is 10.4 Å². The van der Waals surface area contributed by atoms with E-state index in [0.29, 0.717) is 16.8 Å². The fourth-order valence-electron chi connectivity index (χ4n) is 3.17. The van der Waals surface area contributed by atoms with Crippen molar-refractivity contribution in [1.29, 1.82) is 0 Å². The van der Waals surface area contributed by atoms with E-state index in [0.717, 1.165) is 5.56 Å². The fraction of sp³-hybridized carbons (Fsp3) is 0.167. The second-order valence-corrected chi connectivity index (χ2v) is 10.4. The molecule has 0 aromatic heterocycles. The first-order chi connectivity index (χ1) is 16.0. The Bertz CT molecular complexity index is 1330. The van der Waals surface area contributed by atoms with Gasteiger partial charge in [0.05, 0.1) is 14.9 Å². The van der Waals surface area contributed by atoms with Crippen molar-refractivity contribution in [3.05, 3.63) is 82.3 Å². The third-order valence-electron chi connectivity index (χ3n) is 5.02. The van der Waals surface area contributed by atoms with Gasteiger partial charge in [0.15, 0.2) is 0 Å². The van der Waals surface area contributed by atoms with Gasteiger partial charge in [-0.2, -0.15) is 0 Å². The van der Waals surface area contributed by atoms with Crippen molar-refractivity contribution in [2.75, 3.05) is 4.72 Å². The Morgan fingerprint density at radius 2 is 1.56 bits per heavy atom. The average molecular weight is 521 g/mol. The van der Waals surface area contributed by atoms with Crippen LogP contribution in [-0.2, 0) is 14.8 Å². The Hall–Kier alpha value is -3.07. The van der Waals surface area contributed by atoms with Crippen LogP contribution in [0.15, 0.2) is 71.6 Å². The number of carboxylic acids is 1. The Morgan fingerprint density at radius 3 is 2.15 bits per heavy atom.